The lowest BCUT2D eigenvalue weighted by atomic mass is 9.91. The Labute approximate surface area is 290 Å². The van der Waals surface area contributed by atoms with Crippen LogP contribution in [0.3, 0.4) is 0 Å². The fourth-order valence-corrected chi connectivity index (χ4v) is 5.03. The maximum absolute atomic E-state index is 10.4. The third kappa shape index (κ3) is 11.0. The highest BCUT2D eigenvalue weighted by atomic mass is 16.5. The molecule has 4 rings (SSSR count). The van der Waals surface area contributed by atoms with Crippen LogP contribution < -0.4 is 18.9 Å². The molecular weight excluding hydrogens is 620 g/mol. The molecule has 0 aliphatic heterocycles. The summed E-state index contributed by atoms with van der Waals surface area (Å²) in [5.74, 6) is 2.43. The number of hydrogen-bond acceptors (Lipinski definition) is 8. The van der Waals surface area contributed by atoms with E-state index in [0.717, 1.165) is 22.3 Å². The Morgan fingerprint density at radius 1 is 0.327 bits per heavy atom. The zero-order valence-electron chi connectivity index (χ0n) is 30.0. The summed E-state index contributed by atoms with van der Waals surface area (Å²) in [7, 11) is 0. The van der Waals surface area contributed by atoms with Crippen LogP contribution in [-0.4, -0.2) is 46.9 Å². The molecule has 0 bridgehead atoms. The monoisotopic (exact) mass is 672 g/mol. The maximum Gasteiger partial charge on any atom is 0.119 e. The lowest BCUT2D eigenvalue weighted by molar-refractivity contribution is -0.00361. The van der Waals surface area contributed by atoms with Gasteiger partial charge in [0.25, 0.3) is 0 Å². The molecule has 0 saturated heterocycles. The van der Waals surface area contributed by atoms with Crippen molar-refractivity contribution in [3.63, 3.8) is 0 Å². The first-order valence-corrected chi connectivity index (χ1v) is 16.6. The van der Waals surface area contributed by atoms with E-state index in [0.29, 0.717) is 23.0 Å². The molecule has 264 valence electrons. The van der Waals surface area contributed by atoms with Gasteiger partial charge in [0, 0.05) is 0 Å². The molecule has 0 atom stereocenters. The van der Waals surface area contributed by atoms with Crippen LogP contribution in [0, 0.1) is 5.41 Å². The normalized spacial score (nSPS) is 12.8. The highest BCUT2D eigenvalue weighted by Gasteiger charge is 2.36. The first-order valence-electron chi connectivity index (χ1n) is 16.6. The average molecular weight is 673 g/mol. The van der Waals surface area contributed by atoms with Crippen LogP contribution in [0.5, 0.6) is 23.0 Å². The van der Waals surface area contributed by atoms with Gasteiger partial charge in [-0.25, -0.2) is 0 Å². The SMILES string of the molecule is CC(C)(O)c1ccc(OCC(COc2ccc(C(C)(C)O)cc2)(COc2ccc(C(C)(C)O)cc2)COc2ccc(C(C)(C)O)cc2)cc1. The summed E-state index contributed by atoms with van der Waals surface area (Å²) in [6, 6.07) is 29.2. The van der Waals surface area contributed by atoms with Gasteiger partial charge >= 0.3 is 0 Å². The Morgan fingerprint density at radius 2 is 0.490 bits per heavy atom. The largest absolute Gasteiger partial charge is 0.493 e. The second kappa shape index (κ2) is 14.8. The van der Waals surface area contributed by atoms with Gasteiger partial charge in [0.2, 0.25) is 0 Å². The minimum absolute atomic E-state index is 0.153. The quantitative estimate of drug-likeness (QED) is 0.0988. The topological polar surface area (TPSA) is 118 Å². The third-order valence-electron chi connectivity index (χ3n) is 8.42. The van der Waals surface area contributed by atoms with E-state index >= 15 is 0 Å². The summed E-state index contributed by atoms with van der Waals surface area (Å²) >= 11 is 0. The molecule has 0 fully saturated rings. The van der Waals surface area contributed by atoms with E-state index in [4.69, 9.17) is 18.9 Å². The van der Waals surface area contributed by atoms with E-state index in [2.05, 4.69) is 0 Å². The molecule has 0 heterocycles. The molecular formula is C41H52O8. The zero-order chi connectivity index (χ0) is 36.1. The summed E-state index contributed by atoms with van der Waals surface area (Å²) < 4.78 is 25.5. The second-order valence-electron chi connectivity index (χ2n) is 15.0. The van der Waals surface area contributed by atoms with Crippen LogP contribution in [-0.2, 0) is 22.4 Å². The highest BCUT2D eigenvalue weighted by Crippen LogP contribution is 2.31. The van der Waals surface area contributed by atoms with E-state index in [1.165, 1.54) is 0 Å². The molecule has 0 aliphatic carbocycles. The first kappa shape index (κ1) is 37.7. The van der Waals surface area contributed by atoms with Crippen molar-refractivity contribution in [3.8, 4) is 23.0 Å². The molecule has 0 saturated carbocycles. The Kier molecular flexibility index (Phi) is 11.4. The summed E-state index contributed by atoms with van der Waals surface area (Å²) in [6.07, 6.45) is 0. The number of aliphatic hydroxyl groups is 4. The molecule has 4 N–H and O–H groups in total. The lowest BCUT2D eigenvalue weighted by Crippen LogP contribution is -2.45. The van der Waals surface area contributed by atoms with E-state index < -0.39 is 27.8 Å². The van der Waals surface area contributed by atoms with Crippen LogP contribution in [0.25, 0.3) is 0 Å². The van der Waals surface area contributed by atoms with Crippen LogP contribution in [0.1, 0.15) is 77.6 Å². The predicted molar refractivity (Wildman–Crippen MR) is 191 cm³/mol. The van der Waals surface area contributed by atoms with Crippen molar-refractivity contribution in [3.05, 3.63) is 119 Å². The summed E-state index contributed by atoms with van der Waals surface area (Å²) in [4.78, 5) is 0. The Bertz CT molecular complexity index is 1350. The van der Waals surface area contributed by atoms with Crippen molar-refractivity contribution in [2.24, 2.45) is 5.41 Å². The fraction of sp³-hybridized carbons (Fsp3) is 0.415. The molecule has 0 radical (unpaired) electrons. The van der Waals surface area contributed by atoms with Crippen LogP contribution >= 0.6 is 0 Å². The van der Waals surface area contributed by atoms with Crippen molar-refractivity contribution < 1.29 is 39.4 Å². The minimum atomic E-state index is -0.986. The Hall–Kier alpha value is -4.08. The molecule has 49 heavy (non-hydrogen) atoms. The lowest BCUT2D eigenvalue weighted by Gasteiger charge is -2.33. The Morgan fingerprint density at radius 3 is 0.633 bits per heavy atom. The molecule has 0 unspecified atom stereocenters. The van der Waals surface area contributed by atoms with Crippen LogP contribution in [0.2, 0.25) is 0 Å². The van der Waals surface area contributed by atoms with Crippen molar-refractivity contribution in [2.75, 3.05) is 26.4 Å². The molecule has 0 spiro atoms. The van der Waals surface area contributed by atoms with Gasteiger partial charge in [-0.15, -0.1) is 0 Å². The molecule has 4 aromatic carbocycles. The zero-order valence-corrected chi connectivity index (χ0v) is 30.0. The van der Waals surface area contributed by atoms with Crippen LogP contribution in [0.4, 0.5) is 0 Å². The number of ether oxygens (including phenoxy) is 4. The Balaban J connectivity index is 1.65. The smallest absolute Gasteiger partial charge is 0.119 e. The van der Waals surface area contributed by atoms with Crippen molar-refractivity contribution >= 4 is 0 Å². The molecule has 4 aromatic rings. The molecule has 0 aliphatic rings. The van der Waals surface area contributed by atoms with E-state index in [1.807, 2.05) is 97.1 Å². The summed E-state index contributed by atoms with van der Waals surface area (Å²) in [5, 5.41) is 41.7. The molecule has 8 nitrogen and oxygen atoms in total. The van der Waals surface area contributed by atoms with Crippen molar-refractivity contribution in [2.45, 2.75) is 77.8 Å². The van der Waals surface area contributed by atoms with Gasteiger partial charge in [-0.05, 0) is 126 Å². The van der Waals surface area contributed by atoms with Gasteiger partial charge in [0.05, 0.1) is 22.4 Å². The summed E-state index contributed by atoms with van der Waals surface area (Å²) in [5.41, 5.74) is -1.74. The molecule has 8 heteroatoms. The molecule has 0 aromatic heterocycles. The van der Waals surface area contributed by atoms with Gasteiger partial charge in [-0.1, -0.05) is 48.5 Å². The van der Waals surface area contributed by atoms with Crippen molar-refractivity contribution in [1.82, 2.24) is 0 Å². The second-order valence-corrected chi connectivity index (χ2v) is 15.0. The van der Waals surface area contributed by atoms with Gasteiger partial charge in [0.1, 0.15) is 54.8 Å². The van der Waals surface area contributed by atoms with Gasteiger partial charge in [-0.2, -0.15) is 0 Å². The number of hydrogen-bond donors (Lipinski definition) is 4. The number of rotatable bonds is 16. The highest BCUT2D eigenvalue weighted by molar-refractivity contribution is 5.33. The maximum atomic E-state index is 10.4. The van der Waals surface area contributed by atoms with E-state index in [-0.39, 0.29) is 26.4 Å². The summed E-state index contributed by atoms with van der Waals surface area (Å²) in [6.45, 7) is 14.5. The standard InChI is InChI=1S/C41H52O8/c1-37(2,42)29-9-17-33(18-10-29)46-25-41(26-47-34-19-11-30(12-20-34)38(3,4)43,27-48-35-21-13-31(14-22-35)39(5,6)44)28-49-36-23-15-32(16-24-36)40(7,8)45/h9-24,42-45H,25-28H2,1-8H3. The van der Waals surface area contributed by atoms with E-state index in [9.17, 15) is 20.4 Å². The average Bonchev–Trinajstić information content (AvgIpc) is 3.03. The van der Waals surface area contributed by atoms with Gasteiger partial charge in [-0.3, -0.25) is 0 Å². The van der Waals surface area contributed by atoms with Crippen molar-refractivity contribution in [1.29, 1.82) is 0 Å². The van der Waals surface area contributed by atoms with Gasteiger partial charge in [0.15, 0.2) is 0 Å². The third-order valence-corrected chi connectivity index (χ3v) is 8.42. The first-order chi connectivity index (χ1) is 22.7. The van der Waals surface area contributed by atoms with Crippen LogP contribution in [0.15, 0.2) is 97.1 Å². The number of benzene rings is 4. The van der Waals surface area contributed by atoms with Gasteiger partial charge < -0.3 is 39.4 Å². The molecule has 0 amide bonds. The van der Waals surface area contributed by atoms with E-state index in [1.54, 1.807) is 55.4 Å². The minimum Gasteiger partial charge on any atom is -0.493 e. The fourth-order valence-electron chi connectivity index (χ4n) is 5.03. The predicted octanol–water partition coefficient (Wildman–Crippen LogP) is 7.20.